The van der Waals surface area contributed by atoms with Gasteiger partial charge in [0.25, 0.3) is 0 Å². The number of hydrogen-bond donors (Lipinski definition) is 1. The Morgan fingerprint density at radius 2 is 1.76 bits per heavy atom. The lowest BCUT2D eigenvalue weighted by Crippen LogP contribution is -2.23. The maximum atomic E-state index is 11.8. The smallest absolute Gasteiger partial charge is 0.411 e. The van der Waals surface area contributed by atoms with Crippen LogP contribution in [0.1, 0.15) is 12.5 Å². The van der Waals surface area contributed by atoms with Gasteiger partial charge in [0, 0.05) is 31.9 Å². The molecule has 0 radical (unpaired) electrons. The molecule has 0 fully saturated rings. The maximum Gasteiger partial charge on any atom is 0.411 e. The number of amidine groups is 1. The molecule has 2 aromatic carbocycles. The predicted octanol–water partition coefficient (Wildman–Crippen LogP) is 4.38. The van der Waals surface area contributed by atoms with E-state index in [2.05, 4.69) is 10.3 Å². The fourth-order valence-corrected chi connectivity index (χ4v) is 2.17. The van der Waals surface area contributed by atoms with E-state index in [4.69, 9.17) is 4.74 Å². The Hall–Kier alpha value is -2.53. The number of carbonyl (C=O) groups excluding carboxylic acids is 1. The third-order valence-electron chi connectivity index (χ3n) is 3.78. The summed E-state index contributed by atoms with van der Waals surface area (Å²) in [6.45, 7) is 2.29. The Kier molecular flexibility index (Phi) is 8.50. The molecule has 0 saturated carbocycles. The van der Waals surface area contributed by atoms with Crippen molar-refractivity contribution in [3.63, 3.8) is 0 Å². The van der Waals surface area contributed by atoms with E-state index in [9.17, 15) is 4.79 Å². The van der Waals surface area contributed by atoms with Gasteiger partial charge in [-0.25, -0.2) is 4.79 Å². The Morgan fingerprint density at radius 3 is 2.36 bits per heavy atom. The number of anilines is 2. The van der Waals surface area contributed by atoms with E-state index in [1.165, 1.54) is 0 Å². The van der Waals surface area contributed by atoms with E-state index in [1.54, 1.807) is 7.05 Å². The maximum absolute atomic E-state index is 11.8. The van der Waals surface area contributed by atoms with Crippen molar-refractivity contribution in [3.8, 4) is 0 Å². The highest BCUT2D eigenvalue weighted by Crippen LogP contribution is 2.17. The predicted molar refractivity (Wildman–Crippen MR) is 106 cm³/mol. The lowest BCUT2D eigenvalue weighted by molar-refractivity contribution is 0.163. The summed E-state index contributed by atoms with van der Waals surface area (Å²) in [6.07, 6.45) is 0.256. The summed E-state index contributed by atoms with van der Waals surface area (Å²) in [7, 11) is 3.70. The minimum absolute atomic E-state index is 0. The standard InChI is InChI=1S/C19H23N3O2.ClH/c1-15(20-2)22(3)18-11-9-17(10-12-18)21-19(23)24-14-13-16-7-5-4-6-8-16;/h4-12H,13-14H2,1-3H3,(H,21,23);1H. The number of nitrogens with zero attached hydrogens (tertiary/aromatic N) is 2. The minimum atomic E-state index is -0.446. The van der Waals surface area contributed by atoms with Gasteiger partial charge in [-0.3, -0.25) is 10.3 Å². The zero-order valence-electron chi connectivity index (χ0n) is 14.7. The van der Waals surface area contributed by atoms with Crippen LogP contribution in [0.25, 0.3) is 0 Å². The van der Waals surface area contributed by atoms with Gasteiger partial charge in [-0.2, -0.15) is 0 Å². The molecule has 0 spiro atoms. The van der Waals surface area contributed by atoms with Crippen LogP contribution in [0.4, 0.5) is 16.2 Å². The molecular weight excluding hydrogens is 338 g/mol. The van der Waals surface area contributed by atoms with Crippen molar-refractivity contribution >= 4 is 35.7 Å². The summed E-state index contributed by atoms with van der Waals surface area (Å²) in [4.78, 5) is 17.9. The van der Waals surface area contributed by atoms with Crippen molar-refractivity contribution in [2.75, 3.05) is 30.9 Å². The molecule has 0 aliphatic rings. The summed E-state index contributed by atoms with van der Waals surface area (Å²) in [5.41, 5.74) is 2.84. The van der Waals surface area contributed by atoms with Gasteiger partial charge in [0.2, 0.25) is 0 Å². The molecule has 2 rings (SSSR count). The van der Waals surface area contributed by atoms with Crippen LogP contribution in [0.15, 0.2) is 59.6 Å². The van der Waals surface area contributed by atoms with E-state index in [1.807, 2.05) is 73.5 Å². The third kappa shape index (κ3) is 6.47. The molecule has 0 unspecified atom stereocenters. The number of hydrogen-bond acceptors (Lipinski definition) is 3. The molecule has 6 heteroatoms. The second kappa shape index (κ2) is 10.4. The van der Waals surface area contributed by atoms with Gasteiger partial charge in [-0.1, -0.05) is 30.3 Å². The molecule has 0 aliphatic carbocycles. The first-order valence-corrected chi connectivity index (χ1v) is 7.85. The van der Waals surface area contributed by atoms with E-state index in [-0.39, 0.29) is 12.4 Å². The molecule has 25 heavy (non-hydrogen) atoms. The average molecular weight is 362 g/mol. The van der Waals surface area contributed by atoms with E-state index >= 15 is 0 Å². The van der Waals surface area contributed by atoms with Gasteiger partial charge < -0.3 is 9.64 Å². The van der Waals surface area contributed by atoms with Crippen molar-refractivity contribution in [3.05, 3.63) is 60.2 Å². The number of ether oxygens (including phenoxy) is 1. The van der Waals surface area contributed by atoms with Gasteiger partial charge in [-0.05, 0) is 36.8 Å². The van der Waals surface area contributed by atoms with E-state index in [0.717, 1.165) is 17.1 Å². The van der Waals surface area contributed by atoms with Crippen LogP contribution in [0.2, 0.25) is 0 Å². The second-order valence-corrected chi connectivity index (χ2v) is 5.37. The molecule has 1 amide bonds. The summed E-state index contributed by atoms with van der Waals surface area (Å²) in [5, 5.41) is 2.73. The van der Waals surface area contributed by atoms with Crippen LogP contribution in [0.5, 0.6) is 0 Å². The first-order chi connectivity index (χ1) is 11.6. The zero-order valence-corrected chi connectivity index (χ0v) is 15.5. The Bertz CT molecular complexity index is 688. The van der Waals surface area contributed by atoms with Gasteiger partial charge in [0.05, 0.1) is 12.4 Å². The highest BCUT2D eigenvalue weighted by molar-refractivity contribution is 5.95. The third-order valence-corrected chi connectivity index (χ3v) is 3.78. The van der Waals surface area contributed by atoms with Crippen molar-refractivity contribution in [1.82, 2.24) is 0 Å². The quantitative estimate of drug-likeness (QED) is 0.635. The minimum Gasteiger partial charge on any atom is -0.449 e. The largest absolute Gasteiger partial charge is 0.449 e. The average Bonchev–Trinajstić information content (AvgIpc) is 2.62. The molecular formula is C19H24ClN3O2. The molecule has 0 aromatic heterocycles. The molecule has 0 bridgehead atoms. The molecule has 0 aliphatic heterocycles. The van der Waals surface area contributed by atoms with E-state index < -0.39 is 6.09 Å². The van der Waals surface area contributed by atoms with Crippen molar-refractivity contribution < 1.29 is 9.53 Å². The number of amides is 1. The second-order valence-electron chi connectivity index (χ2n) is 5.37. The number of rotatable bonds is 5. The van der Waals surface area contributed by atoms with Crippen molar-refractivity contribution in [2.24, 2.45) is 4.99 Å². The lowest BCUT2D eigenvalue weighted by atomic mass is 10.2. The topological polar surface area (TPSA) is 53.9 Å². The van der Waals surface area contributed by atoms with Crippen molar-refractivity contribution in [1.29, 1.82) is 0 Å². The Labute approximate surface area is 155 Å². The normalized spacial score (nSPS) is 10.6. The molecule has 5 nitrogen and oxygen atoms in total. The molecule has 2 aromatic rings. The molecule has 134 valence electrons. The Morgan fingerprint density at radius 1 is 1.12 bits per heavy atom. The van der Waals surface area contributed by atoms with Crippen LogP contribution in [-0.2, 0) is 11.2 Å². The summed E-state index contributed by atoms with van der Waals surface area (Å²) >= 11 is 0. The molecule has 0 heterocycles. The first-order valence-electron chi connectivity index (χ1n) is 7.85. The number of benzene rings is 2. The van der Waals surface area contributed by atoms with Crippen molar-refractivity contribution in [2.45, 2.75) is 13.3 Å². The van der Waals surface area contributed by atoms with Crippen LogP contribution in [0, 0.1) is 0 Å². The van der Waals surface area contributed by atoms with Crippen LogP contribution < -0.4 is 10.2 Å². The Balaban J connectivity index is 0.00000312. The van der Waals surface area contributed by atoms with Gasteiger partial charge >= 0.3 is 6.09 Å². The van der Waals surface area contributed by atoms with Crippen LogP contribution in [-0.4, -0.2) is 32.6 Å². The first kappa shape index (κ1) is 20.5. The summed E-state index contributed by atoms with van der Waals surface area (Å²) < 4.78 is 5.20. The van der Waals surface area contributed by atoms with Crippen LogP contribution >= 0.6 is 12.4 Å². The highest BCUT2D eigenvalue weighted by Gasteiger charge is 2.06. The number of aliphatic imine (C=N–C) groups is 1. The van der Waals surface area contributed by atoms with Gasteiger partial charge in [0.1, 0.15) is 0 Å². The fourth-order valence-electron chi connectivity index (χ4n) is 2.17. The van der Waals surface area contributed by atoms with Gasteiger partial charge in [-0.15, -0.1) is 12.4 Å². The lowest BCUT2D eigenvalue weighted by Gasteiger charge is -2.18. The SMILES string of the molecule is CN=C(C)N(C)c1ccc(NC(=O)OCCc2ccccc2)cc1.Cl. The molecule has 1 N–H and O–H groups in total. The fraction of sp³-hybridized carbons (Fsp3) is 0.263. The zero-order chi connectivity index (χ0) is 17.4. The number of halogens is 1. The number of nitrogens with one attached hydrogen (secondary N) is 1. The molecule has 0 atom stereocenters. The summed E-state index contributed by atoms with van der Waals surface area (Å²) in [6, 6.07) is 17.5. The highest BCUT2D eigenvalue weighted by atomic mass is 35.5. The molecule has 0 saturated heterocycles. The van der Waals surface area contributed by atoms with Gasteiger partial charge in [0.15, 0.2) is 0 Å². The van der Waals surface area contributed by atoms with E-state index in [0.29, 0.717) is 18.7 Å². The van der Waals surface area contributed by atoms with Crippen LogP contribution in [0.3, 0.4) is 0 Å². The monoisotopic (exact) mass is 361 g/mol. The summed E-state index contributed by atoms with van der Waals surface area (Å²) in [5.74, 6) is 0.913. The number of carbonyl (C=O) groups is 1.